The highest BCUT2D eigenvalue weighted by Gasteiger charge is 2.67. The highest BCUT2D eigenvalue weighted by molar-refractivity contribution is 6.03. The molecule has 5 heterocycles. The van der Waals surface area contributed by atoms with Gasteiger partial charge < -0.3 is 20.1 Å². The average Bonchev–Trinajstić information content (AvgIpc) is 3.78. The topological polar surface area (TPSA) is 141 Å². The number of aromatic nitrogens is 6. The molecular formula is C25H19F6N9O2. The number of nitrogens with two attached hydrogens (primary N) is 1. The zero-order valence-electron chi connectivity index (χ0n) is 21.2. The van der Waals surface area contributed by atoms with E-state index in [1.165, 1.54) is 22.9 Å². The first kappa shape index (κ1) is 26.1. The Balaban J connectivity index is 1.25. The minimum absolute atomic E-state index is 0.112. The van der Waals surface area contributed by atoms with Gasteiger partial charge in [0.1, 0.15) is 23.2 Å². The van der Waals surface area contributed by atoms with E-state index >= 15 is 0 Å². The second kappa shape index (κ2) is 8.59. The van der Waals surface area contributed by atoms with Crippen LogP contribution >= 0.6 is 0 Å². The lowest BCUT2D eigenvalue weighted by atomic mass is 10.0. The number of alkyl halides is 6. The van der Waals surface area contributed by atoms with Crippen molar-refractivity contribution in [1.82, 2.24) is 29.1 Å². The molecule has 0 atom stereocenters. The summed E-state index contributed by atoms with van der Waals surface area (Å²) in [5.74, 6) is -0.590. The first-order valence-corrected chi connectivity index (χ1v) is 12.7. The summed E-state index contributed by atoms with van der Waals surface area (Å²) >= 11 is 0. The van der Waals surface area contributed by atoms with Crippen molar-refractivity contribution in [2.24, 2.45) is 0 Å². The van der Waals surface area contributed by atoms with Crippen molar-refractivity contribution in [2.45, 2.75) is 49.5 Å². The normalized spacial score (nSPS) is 16.7. The maximum absolute atomic E-state index is 13.7. The van der Waals surface area contributed by atoms with E-state index in [0.29, 0.717) is 16.6 Å². The number of urea groups is 1. The van der Waals surface area contributed by atoms with Crippen LogP contribution < -0.4 is 16.4 Å². The molecule has 218 valence electrons. The Labute approximate surface area is 230 Å². The molecule has 0 bridgehead atoms. The van der Waals surface area contributed by atoms with E-state index in [2.05, 4.69) is 30.7 Å². The fraction of sp³-hybridized carbons (Fsp3) is 0.320. The van der Waals surface area contributed by atoms with E-state index < -0.39 is 35.3 Å². The van der Waals surface area contributed by atoms with Crippen LogP contribution in [0.3, 0.4) is 0 Å². The van der Waals surface area contributed by atoms with Crippen LogP contribution in [0.1, 0.15) is 43.2 Å². The molecule has 17 heteroatoms. The Morgan fingerprint density at radius 3 is 2.48 bits per heavy atom. The van der Waals surface area contributed by atoms with Gasteiger partial charge in [-0.1, -0.05) is 5.16 Å². The number of hydrogen-bond donors (Lipinski definition) is 3. The minimum atomic E-state index is -4.80. The largest absolute Gasteiger partial charge is 0.434 e. The van der Waals surface area contributed by atoms with E-state index in [9.17, 15) is 31.1 Å². The zero-order valence-corrected chi connectivity index (χ0v) is 21.2. The van der Waals surface area contributed by atoms with Gasteiger partial charge in [0.2, 0.25) is 0 Å². The third-order valence-corrected chi connectivity index (χ3v) is 7.52. The molecule has 0 unspecified atom stereocenters. The number of rotatable bonds is 5. The van der Waals surface area contributed by atoms with Gasteiger partial charge in [0.05, 0.1) is 16.8 Å². The quantitative estimate of drug-likeness (QED) is 0.216. The zero-order chi connectivity index (χ0) is 29.6. The van der Waals surface area contributed by atoms with Crippen LogP contribution in [0.2, 0.25) is 0 Å². The average molecular weight is 591 g/mol. The van der Waals surface area contributed by atoms with Gasteiger partial charge in [0, 0.05) is 30.1 Å². The Bertz CT molecular complexity index is 1880. The van der Waals surface area contributed by atoms with Crippen LogP contribution in [0.15, 0.2) is 41.4 Å². The molecule has 11 nitrogen and oxygen atoms in total. The molecule has 2 amide bonds. The molecule has 0 saturated heterocycles. The van der Waals surface area contributed by atoms with Gasteiger partial charge in [-0.15, -0.1) is 0 Å². The number of pyridine rings is 1. The highest BCUT2D eigenvalue weighted by Crippen LogP contribution is 2.59. The van der Waals surface area contributed by atoms with E-state index in [1.807, 2.05) is 4.57 Å². The summed E-state index contributed by atoms with van der Waals surface area (Å²) in [5, 5.41) is 8.59. The van der Waals surface area contributed by atoms with Gasteiger partial charge in [0.25, 0.3) is 0 Å². The predicted octanol–water partition coefficient (Wildman–Crippen LogP) is 5.91. The third kappa shape index (κ3) is 4.09. The first-order valence-electron chi connectivity index (χ1n) is 12.7. The molecule has 2 aliphatic carbocycles. The van der Waals surface area contributed by atoms with Crippen LogP contribution in [-0.2, 0) is 11.6 Å². The maximum atomic E-state index is 13.7. The number of nitrogen functional groups attached to an aromatic ring is 1. The fourth-order valence-corrected chi connectivity index (χ4v) is 5.08. The van der Waals surface area contributed by atoms with Crippen molar-refractivity contribution < 1.29 is 35.7 Å². The van der Waals surface area contributed by atoms with Crippen molar-refractivity contribution in [3.63, 3.8) is 0 Å². The number of nitrogens with one attached hydrogen (secondary N) is 2. The smallest absolute Gasteiger partial charge is 0.383 e. The summed E-state index contributed by atoms with van der Waals surface area (Å²) in [6.07, 6.45) is -4.00. The number of hydrogen-bond acceptors (Lipinski definition) is 7. The highest BCUT2D eigenvalue weighted by atomic mass is 19.4. The third-order valence-electron chi connectivity index (χ3n) is 7.52. The summed E-state index contributed by atoms with van der Waals surface area (Å²) in [5.41, 5.74) is 3.75. The number of nitrogens with zero attached hydrogens (tertiary/aromatic N) is 6. The first-order chi connectivity index (χ1) is 19.9. The predicted molar refractivity (Wildman–Crippen MR) is 136 cm³/mol. The van der Waals surface area contributed by atoms with Crippen LogP contribution in [-0.4, -0.2) is 41.3 Å². The summed E-state index contributed by atoms with van der Waals surface area (Å²) in [6, 6.07) is 3.00. The van der Waals surface area contributed by atoms with E-state index in [0.717, 1.165) is 25.1 Å². The Kier molecular flexibility index (Phi) is 5.34. The van der Waals surface area contributed by atoms with Crippen molar-refractivity contribution in [3.05, 3.63) is 48.4 Å². The SMILES string of the molecule is Nc1ncnc2c1c(-c1ccc(NC(=O)Nc3cc(C4(C(F)(F)F)CC4)on3)c3nc(C(F)(F)F)cn13)cn2C1CC1. The van der Waals surface area contributed by atoms with Gasteiger partial charge in [-0.25, -0.2) is 19.7 Å². The Morgan fingerprint density at radius 1 is 1.05 bits per heavy atom. The molecular weight excluding hydrogens is 572 g/mol. The number of halogens is 6. The minimum Gasteiger partial charge on any atom is -0.383 e. The number of amides is 2. The van der Waals surface area contributed by atoms with E-state index in [1.54, 1.807) is 6.20 Å². The van der Waals surface area contributed by atoms with Gasteiger partial charge >= 0.3 is 18.4 Å². The van der Waals surface area contributed by atoms with E-state index in [-0.39, 0.29) is 47.5 Å². The second-order valence-electron chi connectivity index (χ2n) is 10.3. The molecule has 42 heavy (non-hydrogen) atoms. The van der Waals surface area contributed by atoms with Crippen molar-refractivity contribution in [3.8, 4) is 11.3 Å². The summed E-state index contributed by atoms with van der Waals surface area (Å²) < 4.78 is 89.3. The van der Waals surface area contributed by atoms with Crippen molar-refractivity contribution >= 4 is 40.0 Å². The molecule has 2 aliphatic rings. The molecule has 0 aliphatic heterocycles. The monoisotopic (exact) mass is 591 g/mol. The molecule has 7 rings (SSSR count). The lowest BCUT2D eigenvalue weighted by Crippen LogP contribution is -2.28. The van der Waals surface area contributed by atoms with Crippen LogP contribution in [0.25, 0.3) is 27.9 Å². The van der Waals surface area contributed by atoms with E-state index in [4.69, 9.17) is 10.3 Å². The van der Waals surface area contributed by atoms with Gasteiger partial charge in [-0.05, 0) is 37.8 Å². The van der Waals surface area contributed by atoms with Crippen LogP contribution in [0, 0.1) is 0 Å². The van der Waals surface area contributed by atoms with Crippen LogP contribution in [0.4, 0.5) is 48.5 Å². The number of imidazole rings is 1. The summed E-state index contributed by atoms with van der Waals surface area (Å²) in [7, 11) is 0. The fourth-order valence-electron chi connectivity index (χ4n) is 5.08. The standard InChI is InChI=1S/C25H19F6N9O2/c26-24(27,28)15-9-40-14(12-8-39(11-1-2-11)21-18(12)19(32)33-10-34-21)4-3-13(20(40)36-15)35-22(41)37-17-7-16(42-38-17)23(5-6-23)25(29,30)31/h3-4,7-11H,1-2,5-6H2,(H2,32,33,34)(H2,35,37,38,41). The number of carbonyl (C=O) groups excluding carboxylic acids is 1. The van der Waals surface area contributed by atoms with Gasteiger partial charge in [0.15, 0.2) is 22.9 Å². The maximum Gasteiger partial charge on any atom is 0.434 e. The molecule has 2 saturated carbocycles. The molecule has 2 fully saturated rings. The lowest BCUT2D eigenvalue weighted by Gasteiger charge is -2.15. The summed E-state index contributed by atoms with van der Waals surface area (Å²) in [4.78, 5) is 24.8. The molecule has 0 radical (unpaired) electrons. The van der Waals surface area contributed by atoms with Crippen LogP contribution in [0.5, 0.6) is 0 Å². The van der Waals surface area contributed by atoms with Gasteiger partial charge in [-0.3, -0.25) is 9.72 Å². The van der Waals surface area contributed by atoms with Gasteiger partial charge in [-0.2, -0.15) is 26.3 Å². The number of carbonyl (C=O) groups is 1. The second-order valence-corrected chi connectivity index (χ2v) is 10.3. The molecule has 5 aromatic rings. The Hall–Kier alpha value is -4.83. The number of fused-ring (bicyclic) bond motifs is 2. The van der Waals surface area contributed by atoms with Crippen molar-refractivity contribution in [2.75, 3.05) is 16.4 Å². The molecule has 5 aromatic heterocycles. The Morgan fingerprint density at radius 2 is 1.81 bits per heavy atom. The van der Waals surface area contributed by atoms with Crippen molar-refractivity contribution in [1.29, 1.82) is 0 Å². The molecule has 0 spiro atoms. The lowest BCUT2D eigenvalue weighted by molar-refractivity contribution is -0.165. The number of anilines is 3. The molecule has 0 aromatic carbocycles. The summed E-state index contributed by atoms with van der Waals surface area (Å²) in [6.45, 7) is 0. The molecule has 4 N–H and O–H groups in total.